The summed E-state index contributed by atoms with van der Waals surface area (Å²) in [5.74, 6) is 0.836. The Kier molecular flexibility index (Phi) is 2.44. The lowest BCUT2D eigenvalue weighted by molar-refractivity contribution is -0.0217. The molecule has 0 aromatic carbocycles. The van der Waals surface area contributed by atoms with Crippen molar-refractivity contribution < 1.29 is 4.84 Å². The van der Waals surface area contributed by atoms with Gasteiger partial charge in [-0.3, -0.25) is 9.83 Å². The number of aromatic nitrogens is 1. The molecule has 1 aromatic heterocycles. The van der Waals surface area contributed by atoms with Gasteiger partial charge in [-0.2, -0.15) is 0 Å². The van der Waals surface area contributed by atoms with Crippen LogP contribution in [0, 0.1) is 0 Å². The van der Waals surface area contributed by atoms with E-state index in [0.29, 0.717) is 6.67 Å². The molecule has 0 atom stereocenters. The van der Waals surface area contributed by atoms with Crippen LogP contribution in [0.5, 0.6) is 0 Å². The fourth-order valence-corrected chi connectivity index (χ4v) is 1.40. The summed E-state index contributed by atoms with van der Waals surface area (Å²) in [7, 11) is 0. The van der Waals surface area contributed by atoms with Gasteiger partial charge in [0.25, 0.3) is 0 Å². The van der Waals surface area contributed by atoms with Gasteiger partial charge in [-0.05, 0) is 32.9 Å². The minimum atomic E-state index is -0.234. The summed E-state index contributed by atoms with van der Waals surface area (Å²) in [5.41, 5.74) is 0.759. The molecule has 0 aliphatic carbocycles. The predicted molar refractivity (Wildman–Crippen MR) is 60.0 cm³/mol. The second-order valence-electron chi connectivity index (χ2n) is 4.45. The maximum atomic E-state index is 5.76. The maximum Gasteiger partial charge on any atom is 0.163 e. The van der Waals surface area contributed by atoms with Crippen LogP contribution in [0.15, 0.2) is 23.3 Å². The lowest BCUT2D eigenvalue weighted by atomic mass is 10.2. The molecule has 0 unspecified atom stereocenters. The van der Waals surface area contributed by atoms with Gasteiger partial charge in [0.1, 0.15) is 6.67 Å². The molecule has 1 aliphatic heterocycles. The Morgan fingerprint density at radius 2 is 2.20 bits per heavy atom. The Labute approximate surface area is 89.6 Å². The summed E-state index contributed by atoms with van der Waals surface area (Å²) < 4.78 is 0. The average Bonchev–Trinajstić information content (AvgIpc) is 2.16. The van der Waals surface area contributed by atoms with Crippen molar-refractivity contribution in [3.8, 4) is 0 Å². The van der Waals surface area contributed by atoms with Gasteiger partial charge in [0.15, 0.2) is 5.82 Å². The predicted octanol–water partition coefficient (Wildman–Crippen LogP) is 2.01. The Hall–Kier alpha value is -1.42. The summed E-state index contributed by atoms with van der Waals surface area (Å²) in [5, 5.41) is 1.73. The molecule has 0 bridgehead atoms. The zero-order valence-corrected chi connectivity index (χ0v) is 9.27. The number of aliphatic imine (C=N–C) groups is 1. The van der Waals surface area contributed by atoms with E-state index in [-0.39, 0.29) is 5.60 Å². The molecule has 2 rings (SSSR count). The van der Waals surface area contributed by atoms with Crippen LogP contribution < -0.4 is 5.06 Å². The van der Waals surface area contributed by atoms with E-state index in [0.717, 1.165) is 11.4 Å². The molecule has 0 radical (unpaired) electrons. The van der Waals surface area contributed by atoms with Crippen molar-refractivity contribution in [2.24, 2.45) is 4.99 Å². The normalized spacial score (nSPS) is 15.3. The van der Waals surface area contributed by atoms with Crippen molar-refractivity contribution in [3.63, 3.8) is 0 Å². The van der Waals surface area contributed by atoms with Crippen molar-refractivity contribution in [2.75, 3.05) is 11.7 Å². The van der Waals surface area contributed by atoms with Crippen molar-refractivity contribution in [2.45, 2.75) is 26.4 Å². The van der Waals surface area contributed by atoms with Gasteiger partial charge in [0.2, 0.25) is 0 Å². The second-order valence-corrected chi connectivity index (χ2v) is 4.45. The molecule has 1 aliphatic rings. The number of rotatable bonds is 1. The topological polar surface area (TPSA) is 37.7 Å². The Bertz CT molecular complexity index is 382. The molecule has 0 N–H and O–H groups in total. The van der Waals surface area contributed by atoms with E-state index in [9.17, 15) is 0 Å². The Balaban J connectivity index is 2.27. The number of hydrogen-bond acceptors (Lipinski definition) is 4. The molecule has 0 saturated heterocycles. The van der Waals surface area contributed by atoms with Crippen molar-refractivity contribution >= 4 is 12.0 Å². The second kappa shape index (κ2) is 3.62. The molecule has 2 heterocycles. The van der Waals surface area contributed by atoms with Gasteiger partial charge in [-0.15, -0.1) is 0 Å². The summed E-state index contributed by atoms with van der Waals surface area (Å²) >= 11 is 0. The monoisotopic (exact) mass is 205 g/mol. The van der Waals surface area contributed by atoms with Gasteiger partial charge < -0.3 is 0 Å². The van der Waals surface area contributed by atoms with E-state index in [1.807, 2.05) is 39.1 Å². The zero-order valence-electron chi connectivity index (χ0n) is 9.27. The van der Waals surface area contributed by atoms with E-state index in [2.05, 4.69) is 9.98 Å². The SMILES string of the molecule is CC(C)(C)ON1CN=Cc2cccnc21. The van der Waals surface area contributed by atoms with Gasteiger partial charge >= 0.3 is 0 Å². The van der Waals surface area contributed by atoms with Crippen molar-refractivity contribution in [3.05, 3.63) is 23.9 Å². The largest absolute Gasteiger partial charge is 0.268 e. The molecular formula is C11H15N3O. The highest BCUT2D eigenvalue weighted by atomic mass is 16.7. The van der Waals surface area contributed by atoms with Crippen LogP contribution in [0.3, 0.4) is 0 Å². The zero-order chi connectivity index (χ0) is 10.9. The van der Waals surface area contributed by atoms with E-state index < -0.39 is 0 Å². The number of nitrogens with zero attached hydrogens (tertiary/aromatic N) is 3. The number of pyridine rings is 1. The Morgan fingerprint density at radius 3 is 2.93 bits per heavy atom. The highest BCUT2D eigenvalue weighted by Crippen LogP contribution is 2.22. The molecule has 1 aromatic rings. The van der Waals surface area contributed by atoms with E-state index in [4.69, 9.17) is 4.84 Å². The first-order valence-electron chi connectivity index (χ1n) is 4.98. The number of fused-ring (bicyclic) bond motifs is 1. The first-order valence-corrected chi connectivity index (χ1v) is 4.98. The summed E-state index contributed by atoms with van der Waals surface area (Å²) in [6, 6.07) is 3.87. The first-order chi connectivity index (χ1) is 7.06. The smallest absolute Gasteiger partial charge is 0.163 e. The molecular weight excluding hydrogens is 190 g/mol. The summed E-state index contributed by atoms with van der Waals surface area (Å²) in [6.45, 7) is 6.52. The van der Waals surface area contributed by atoms with Crippen LogP contribution in [0.25, 0.3) is 0 Å². The maximum absolute atomic E-state index is 5.76. The lowest BCUT2D eigenvalue weighted by Crippen LogP contribution is -2.36. The van der Waals surface area contributed by atoms with E-state index >= 15 is 0 Å². The van der Waals surface area contributed by atoms with Crippen LogP contribution in [0.4, 0.5) is 5.82 Å². The third-order valence-corrected chi connectivity index (χ3v) is 1.88. The first kappa shape index (κ1) is 10.1. The molecule has 0 amide bonds. The summed E-state index contributed by atoms with van der Waals surface area (Å²) in [4.78, 5) is 14.3. The van der Waals surface area contributed by atoms with E-state index in [1.165, 1.54) is 0 Å². The third-order valence-electron chi connectivity index (χ3n) is 1.88. The molecule has 0 saturated carbocycles. The van der Waals surface area contributed by atoms with Crippen LogP contribution in [-0.4, -0.2) is 23.5 Å². The molecule has 0 spiro atoms. The minimum Gasteiger partial charge on any atom is -0.268 e. The minimum absolute atomic E-state index is 0.234. The molecule has 80 valence electrons. The van der Waals surface area contributed by atoms with Crippen LogP contribution in [-0.2, 0) is 4.84 Å². The Morgan fingerprint density at radius 1 is 1.40 bits per heavy atom. The molecule has 0 fully saturated rings. The van der Waals surface area contributed by atoms with E-state index in [1.54, 1.807) is 11.3 Å². The quantitative estimate of drug-likeness (QED) is 0.703. The molecule has 4 nitrogen and oxygen atoms in total. The lowest BCUT2D eigenvalue weighted by Gasteiger charge is -2.31. The summed E-state index contributed by atoms with van der Waals surface area (Å²) in [6.07, 6.45) is 3.59. The number of hydrogen-bond donors (Lipinski definition) is 0. The van der Waals surface area contributed by atoms with Crippen molar-refractivity contribution in [1.82, 2.24) is 4.98 Å². The third kappa shape index (κ3) is 2.33. The standard InChI is InChI=1S/C11H15N3O/c1-11(2,3)15-14-8-12-7-9-5-4-6-13-10(9)14/h4-7H,8H2,1-3H3. The molecule has 15 heavy (non-hydrogen) atoms. The van der Waals surface area contributed by atoms with Gasteiger partial charge in [-0.1, -0.05) is 0 Å². The van der Waals surface area contributed by atoms with Gasteiger partial charge in [-0.25, -0.2) is 10.0 Å². The van der Waals surface area contributed by atoms with Gasteiger partial charge in [0, 0.05) is 18.0 Å². The number of hydroxylamine groups is 1. The van der Waals surface area contributed by atoms with Crippen LogP contribution in [0.2, 0.25) is 0 Å². The van der Waals surface area contributed by atoms with Crippen LogP contribution >= 0.6 is 0 Å². The fraction of sp³-hybridized carbons (Fsp3) is 0.455. The highest BCUT2D eigenvalue weighted by molar-refractivity contribution is 5.87. The number of anilines is 1. The fourth-order valence-electron chi connectivity index (χ4n) is 1.40. The molecule has 4 heteroatoms. The average molecular weight is 205 g/mol. The van der Waals surface area contributed by atoms with Gasteiger partial charge in [0.05, 0.1) is 5.60 Å². The van der Waals surface area contributed by atoms with Crippen molar-refractivity contribution in [1.29, 1.82) is 0 Å². The van der Waals surface area contributed by atoms with Crippen LogP contribution in [0.1, 0.15) is 26.3 Å². The highest BCUT2D eigenvalue weighted by Gasteiger charge is 2.21.